The van der Waals surface area contributed by atoms with Crippen LogP contribution < -0.4 is 31.9 Å². The van der Waals surface area contributed by atoms with Crippen LogP contribution in [0.2, 0.25) is 5.02 Å². The predicted octanol–water partition coefficient (Wildman–Crippen LogP) is 5.66. The van der Waals surface area contributed by atoms with Gasteiger partial charge in [0.15, 0.2) is 5.82 Å². The van der Waals surface area contributed by atoms with Crippen LogP contribution in [0.15, 0.2) is 77.2 Å². The number of para-hydroxylation sites is 1. The van der Waals surface area contributed by atoms with E-state index in [9.17, 15) is 24.0 Å². The first kappa shape index (κ1) is 45.5. The number of allylic oxidation sites excluding steroid dienone is 4. The molecule has 1 aliphatic carbocycles. The van der Waals surface area contributed by atoms with E-state index in [0.29, 0.717) is 72.1 Å². The van der Waals surface area contributed by atoms with Gasteiger partial charge in [0.25, 0.3) is 11.8 Å². The number of aliphatic imine (C=N–C) groups is 1. The van der Waals surface area contributed by atoms with Crippen molar-refractivity contribution in [3.63, 3.8) is 0 Å². The van der Waals surface area contributed by atoms with Crippen molar-refractivity contribution < 1.29 is 24.0 Å². The quantitative estimate of drug-likeness (QED) is 0.0409. The number of likely N-dealkylation sites (tertiary alicyclic amines) is 1. The molecule has 0 bridgehead atoms. The van der Waals surface area contributed by atoms with Crippen LogP contribution in [0, 0.1) is 17.8 Å². The molecule has 16 nitrogen and oxygen atoms in total. The van der Waals surface area contributed by atoms with Crippen molar-refractivity contribution in [2.75, 3.05) is 37.3 Å². The fourth-order valence-corrected chi connectivity index (χ4v) is 8.69. The van der Waals surface area contributed by atoms with E-state index < -0.39 is 11.9 Å². The smallest absolute Gasteiger partial charge is 0.317 e. The van der Waals surface area contributed by atoms with Gasteiger partial charge in [-0.3, -0.25) is 29.5 Å². The molecule has 6 N–H and O–H groups in total. The van der Waals surface area contributed by atoms with Gasteiger partial charge in [-0.05, 0) is 107 Å². The van der Waals surface area contributed by atoms with Crippen molar-refractivity contribution in [3.8, 4) is 11.8 Å². The summed E-state index contributed by atoms with van der Waals surface area (Å²) >= 11 is 6.40. The highest BCUT2D eigenvalue weighted by molar-refractivity contribution is 6.33. The van der Waals surface area contributed by atoms with Gasteiger partial charge >= 0.3 is 6.03 Å². The maximum Gasteiger partial charge on any atom is 0.317 e. The summed E-state index contributed by atoms with van der Waals surface area (Å²) in [7, 11) is 1.57. The van der Waals surface area contributed by atoms with E-state index in [1.807, 2.05) is 42.2 Å². The highest BCUT2D eigenvalue weighted by atomic mass is 35.5. The van der Waals surface area contributed by atoms with Crippen LogP contribution in [0.1, 0.15) is 96.6 Å². The average molecular weight is 888 g/mol. The van der Waals surface area contributed by atoms with Crippen molar-refractivity contribution >= 4 is 65.4 Å². The molecule has 17 heteroatoms. The lowest BCUT2D eigenvalue weighted by molar-refractivity contribution is -0.136. The number of anilines is 3. The molecule has 334 valence electrons. The Morgan fingerprint density at radius 1 is 1.02 bits per heavy atom. The lowest BCUT2D eigenvalue weighted by Gasteiger charge is -2.35. The lowest BCUT2D eigenvalue weighted by Crippen LogP contribution is -2.52. The second-order valence-electron chi connectivity index (χ2n) is 16.4. The molecule has 3 aromatic rings. The number of amides is 6. The van der Waals surface area contributed by atoms with Crippen LogP contribution in [0.25, 0.3) is 0 Å². The number of hydrogen-bond acceptors (Lipinski definition) is 11. The Morgan fingerprint density at radius 2 is 1.78 bits per heavy atom. The van der Waals surface area contributed by atoms with Gasteiger partial charge in [0.05, 0.1) is 17.4 Å². The van der Waals surface area contributed by atoms with Gasteiger partial charge in [-0.15, -0.1) is 0 Å². The van der Waals surface area contributed by atoms with Crippen LogP contribution in [0.5, 0.6) is 0 Å². The molecule has 1 aromatic heterocycles. The summed E-state index contributed by atoms with van der Waals surface area (Å²) in [4.78, 5) is 79.1. The standard InChI is InChI=1S/C47H54ClN11O5/c1-29(53-46-52-27-37(48)42(57-46)55-39-10-5-4-9-36(39)43(61)50-3)11-18-38(49-2)31-21-24-58(25-22-31)47(64)54-34-15-13-33(14-16-34)51-23-7-6-8-30-12-17-35-32(26-30)28-59(45(35)63)40-19-20-41(60)56-44(40)62/h4-5,9-12,17-18,26-27,31,33-34,40,51H,2,7,13-16,19-25,28H2,1,3H3,(H,50,61)(H,54,64)(H,56,60,62)(H2,52,53,55,57)/b29-11+,38-18-/t33-,34+,40?. The van der Waals surface area contributed by atoms with Gasteiger partial charge in [0.1, 0.15) is 11.1 Å². The number of nitrogens with zero attached hydrogens (tertiary/aromatic N) is 5. The first-order valence-electron chi connectivity index (χ1n) is 21.8. The van der Waals surface area contributed by atoms with Gasteiger partial charge in [-0.25, -0.2) is 9.78 Å². The molecule has 4 aliphatic rings. The van der Waals surface area contributed by atoms with Crippen LogP contribution >= 0.6 is 11.6 Å². The average Bonchev–Trinajstić information content (AvgIpc) is 3.62. The fourth-order valence-electron chi connectivity index (χ4n) is 8.56. The molecule has 2 aromatic carbocycles. The van der Waals surface area contributed by atoms with Crippen molar-refractivity contribution in [1.29, 1.82) is 0 Å². The fraction of sp³-hybridized carbons (Fsp3) is 0.404. The Hall–Kier alpha value is -6.57. The maximum absolute atomic E-state index is 13.3. The molecular weight excluding hydrogens is 834 g/mol. The minimum Gasteiger partial charge on any atom is -0.355 e. The summed E-state index contributed by atoms with van der Waals surface area (Å²) < 4.78 is 0. The normalized spacial score (nSPS) is 20.4. The van der Waals surface area contributed by atoms with Gasteiger partial charge in [0, 0.05) is 86.6 Å². The molecule has 1 unspecified atom stereocenters. The summed E-state index contributed by atoms with van der Waals surface area (Å²) in [6.45, 7) is 8.05. The molecule has 2 saturated heterocycles. The van der Waals surface area contributed by atoms with Crippen LogP contribution in [0.3, 0.4) is 0 Å². The second-order valence-corrected chi connectivity index (χ2v) is 16.8. The first-order chi connectivity index (χ1) is 31.0. The third kappa shape index (κ3) is 11.3. The van der Waals surface area contributed by atoms with Crippen molar-refractivity contribution in [2.45, 2.75) is 89.4 Å². The minimum absolute atomic E-state index is 0.0179. The Labute approximate surface area is 378 Å². The topological polar surface area (TPSA) is 202 Å². The number of urea groups is 1. The maximum atomic E-state index is 13.3. The van der Waals surface area contributed by atoms with Crippen molar-refractivity contribution in [1.82, 2.24) is 41.0 Å². The zero-order valence-electron chi connectivity index (χ0n) is 36.1. The van der Waals surface area contributed by atoms with Gasteiger partial charge < -0.3 is 36.4 Å². The summed E-state index contributed by atoms with van der Waals surface area (Å²) in [5.41, 5.74) is 4.87. The van der Waals surface area contributed by atoms with Crippen molar-refractivity contribution in [2.24, 2.45) is 10.9 Å². The molecule has 0 spiro atoms. The van der Waals surface area contributed by atoms with E-state index in [-0.39, 0.29) is 42.1 Å². The molecule has 7 rings (SSSR count). The number of carbonyl (C=O) groups excluding carboxylic acids is 5. The number of hydrogen-bond donors (Lipinski definition) is 6. The Morgan fingerprint density at radius 3 is 2.53 bits per heavy atom. The minimum atomic E-state index is -0.635. The van der Waals surface area contributed by atoms with E-state index in [1.165, 1.54) is 6.20 Å². The highest BCUT2D eigenvalue weighted by Crippen LogP contribution is 2.30. The first-order valence-corrected chi connectivity index (χ1v) is 22.2. The number of aromatic nitrogens is 2. The summed E-state index contributed by atoms with van der Waals surface area (Å²) in [5.74, 6) is 6.13. The molecule has 4 heterocycles. The number of benzene rings is 2. The van der Waals surface area contributed by atoms with Gasteiger partial charge in [0.2, 0.25) is 17.8 Å². The molecule has 6 amide bonds. The third-order valence-corrected chi connectivity index (χ3v) is 12.4. The number of imide groups is 1. The highest BCUT2D eigenvalue weighted by Gasteiger charge is 2.39. The third-order valence-electron chi connectivity index (χ3n) is 12.1. The molecule has 64 heavy (non-hydrogen) atoms. The second kappa shape index (κ2) is 21.2. The number of nitrogens with one attached hydrogen (secondary N) is 6. The predicted molar refractivity (Wildman–Crippen MR) is 246 cm³/mol. The van der Waals surface area contributed by atoms with Crippen LogP contribution in [-0.2, 0) is 16.1 Å². The van der Waals surface area contributed by atoms with Crippen LogP contribution in [-0.4, -0.2) is 101 Å². The number of rotatable bonds is 13. The van der Waals surface area contributed by atoms with E-state index in [1.54, 1.807) is 36.2 Å². The van der Waals surface area contributed by atoms with Gasteiger partial charge in [-0.2, -0.15) is 4.98 Å². The number of halogens is 1. The molecule has 3 aliphatic heterocycles. The lowest BCUT2D eigenvalue weighted by atomic mass is 9.91. The summed E-state index contributed by atoms with van der Waals surface area (Å²) in [5, 5.41) is 18.5. The van der Waals surface area contributed by atoms with Gasteiger partial charge in [-0.1, -0.05) is 35.6 Å². The zero-order valence-corrected chi connectivity index (χ0v) is 36.9. The Balaban J connectivity index is 0.802. The van der Waals surface area contributed by atoms with Crippen LogP contribution in [0.4, 0.5) is 22.2 Å². The number of piperidine rings is 2. The molecule has 1 atom stereocenters. The van der Waals surface area contributed by atoms with E-state index in [4.69, 9.17) is 11.6 Å². The Bertz CT molecular complexity index is 2410. The SMILES string of the molecule is C=N/C(=C\C=C(/C)Nc1ncc(Cl)c(Nc2ccccc2C(=O)NC)n1)C1CCN(C(=O)N[C@H]2CC[C@@H](NCCC#Cc3ccc4c(c3)CN(C3CCC(=O)NC3=O)C4=O)CC2)CC1. The molecule has 0 radical (unpaired) electrons. The zero-order chi connectivity index (χ0) is 45.2. The largest absolute Gasteiger partial charge is 0.355 e. The van der Waals surface area contributed by atoms with E-state index >= 15 is 0 Å². The van der Waals surface area contributed by atoms with E-state index in [0.717, 1.165) is 67.6 Å². The monoisotopic (exact) mass is 887 g/mol. The number of carbonyl (C=O) groups is 5. The summed E-state index contributed by atoms with van der Waals surface area (Å²) in [6, 6.07) is 12.5. The molecular formula is C47H54ClN11O5. The van der Waals surface area contributed by atoms with Crippen molar-refractivity contribution in [3.05, 3.63) is 99.5 Å². The number of fused-ring (bicyclic) bond motifs is 1. The molecule has 1 saturated carbocycles. The van der Waals surface area contributed by atoms with E-state index in [2.05, 4.69) is 65.4 Å². The molecule has 3 fully saturated rings. The summed E-state index contributed by atoms with van der Waals surface area (Å²) in [6.07, 6.45) is 11.9. The Kier molecular flexibility index (Phi) is 15.1.